The quantitative estimate of drug-likeness (QED) is 0.0931. The van der Waals surface area contributed by atoms with Crippen molar-refractivity contribution in [2.75, 3.05) is 99.0 Å². The highest BCUT2D eigenvalue weighted by Gasteiger charge is 2.29. The second-order valence-electron chi connectivity index (χ2n) is 11.3. The number of esters is 1. The molecule has 3 rings (SSSR count). The molecule has 48 heavy (non-hydrogen) atoms. The third-order valence-corrected chi connectivity index (χ3v) is 7.92. The number of benzene rings is 2. The molecule has 0 radical (unpaired) electrons. The number of fused-ring (bicyclic) bond motifs is 3. The first kappa shape index (κ1) is 39.4. The van der Waals surface area contributed by atoms with Gasteiger partial charge in [-0.25, -0.2) is 4.79 Å². The number of rotatable bonds is 28. The monoisotopic (exact) mass is 673 g/mol. The van der Waals surface area contributed by atoms with Crippen LogP contribution in [0.2, 0.25) is 0 Å². The smallest absolute Gasteiger partial charge is 0.407 e. The van der Waals surface area contributed by atoms with Crippen LogP contribution in [-0.4, -0.2) is 111 Å². The van der Waals surface area contributed by atoms with E-state index in [4.69, 9.17) is 37.9 Å². The van der Waals surface area contributed by atoms with Gasteiger partial charge in [0.05, 0.1) is 85.2 Å². The second-order valence-corrected chi connectivity index (χ2v) is 11.3. The van der Waals surface area contributed by atoms with E-state index < -0.39 is 6.09 Å². The maximum atomic E-state index is 12.2. The molecule has 0 aromatic heterocycles. The first-order chi connectivity index (χ1) is 23.7. The molecular formula is C37H55NO10. The molecular weight excluding hydrogens is 618 g/mol. The van der Waals surface area contributed by atoms with Gasteiger partial charge in [0.1, 0.15) is 13.2 Å². The zero-order valence-corrected chi connectivity index (χ0v) is 28.8. The van der Waals surface area contributed by atoms with Crippen LogP contribution in [0.25, 0.3) is 11.1 Å². The van der Waals surface area contributed by atoms with Gasteiger partial charge in [0, 0.05) is 12.5 Å². The van der Waals surface area contributed by atoms with Gasteiger partial charge in [0.25, 0.3) is 0 Å². The van der Waals surface area contributed by atoms with Gasteiger partial charge in [-0.1, -0.05) is 75.2 Å². The van der Waals surface area contributed by atoms with E-state index in [1.54, 1.807) is 0 Å². The molecule has 11 heteroatoms. The van der Waals surface area contributed by atoms with Crippen molar-refractivity contribution in [1.29, 1.82) is 0 Å². The summed E-state index contributed by atoms with van der Waals surface area (Å²) in [6.45, 7) is 10.4. The highest BCUT2D eigenvalue weighted by Crippen LogP contribution is 2.44. The van der Waals surface area contributed by atoms with Gasteiger partial charge in [0.15, 0.2) is 0 Å². The average Bonchev–Trinajstić information content (AvgIpc) is 3.43. The number of hydrogen-bond donors (Lipinski definition) is 1. The highest BCUT2D eigenvalue weighted by atomic mass is 16.6. The zero-order valence-electron chi connectivity index (χ0n) is 28.8. The molecule has 0 fully saturated rings. The van der Waals surface area contributed by atoms with Gasteiger partial charge >= 0.3 is 12.1 Å². The molecule has 1 amide bonds. The summed E-state index contributed by atoms with van der Waals surface area (Å²) in [6, 6.07) is 16.5. The summed E-state index contributed by atoms with van der Waals surface area (Å²) in [5.74, 6) is -0.0958. The molecule has 0 bridgehead atoms. The summed E-state index contributed by atoms with van der Waals surface area (Å²) in [4.78, 5) is 24.3. The Balaban J connectivity index is 1.02. The molecule has 1 aliphatic carbocycles. The summed E-state index contributed by atoms with van der Waals surface area (Å²) in [6.07, 6.45) is 3.36. The van der Waals surface area contributed by atoms with Crippen LogP contribution < -0.4 is 5.32 Å². The van der Waals surface area contributed by atoms with E-state index in [-0.39, 0.29) is 31.0 Å². The van der Waals surface area contributed by atoms with Crippen molar-refractivity contribution in [2.24, 2.45) is 5.92 Å². The largest absolute Gasteiger partial charge is 0.463 e. The maximum absolute atomic E-state index is 12.2. The fraction of sp³-hybridized carbons (Fsp3) is 0.622. The number of unbranched alkanes of at least 4 members (excludes halogenated alkanes) is 1. The van der Waals surface area contributed by atoms with Crippen LogP contribution in [0.4, 0.5) is 4.79 Å². The summed E-state index contributed by atoms with van der Waals surface area (Å²) < 4.78 is 43.8. The van der Waals surface area contributed by atoms with Crippen molar-refractivity contribution in [3.8, 4) is 11.1 Å². The lowest BCUT2D eigenvalue weighted by Crippen LogP contribution is -2.29. The Labute approximate surface area is 285 Å². The number of carbonyl (C=O) groups is 2. The van der Waals surface area contributed by atoms with Crippen LogP contribution in [0.5, 0.6) is 0 Å². The molecule has 1 aliphatic rings. The molecule has 2 aromatic rings. The van der Waals surface area contributed by atoms with Crippen molar-refractivity contribution < 1.29 is 47.5 Å². The third kappa shape index (κ3) is 15.0. The molecule has 0 aliphatic heterocycles. The summed E-state index contributed by atoms with van der Waals surface area (Å²) in [7, 11) is 0. The van der Waals surface area contributed by atoms with E-state index in [1.807, 2.05) is 31.2 Å². The molecule has 268 valence electrons. The summed E-state index contributed by atoms with van der Waals surface area (Å²) in [5, 5.41) is 2.74. The van der Waals surface area contributed by atoms with Gasteiger partial charge in [-0.05, 0) is 35.1 Å². The first-order valence-corrected chi connectivity index (χ1v) is 17.4. The molecule has 1 atom stereocenters. The molecule has 1 N–H and O–H groups in total. The van der Waals surface area contributed by atoms with Crippen molar-refractivity contribution in [1.82, 2.24) is 5.32 Å². The Morgan fingerprint density at radius 3 is 1.56 bits per heavy atom. The van der Waals surface area contributed by atoms with Crippen LogP contribution >= 0.6 is 0 Å². The zero-order chi connectivity index (χ0) is 34.1. The molecule has 0 saturated heterocycles. The lowest BCUT2D eigenvalue weighted by molar-refractivity contribution is -0.150. The van der Waals surface area contributed by atoms with E-state index in [0.717, 1.165) is 25.7 Å². The van der Waals surface area contributed by atoms with Crippen molar-refractivity contribution in [3.63, 3.8) is 0 Å². The number of alkyl carbamates (subject to hydrolysis) is 1. The number of ether oxygens (including phenoxy) is 8. The van der Waals surface area contributed by atoms with Crippen LogP contribution in [0.15, 0.2) is 48.5 Å². The molecule has 0 heterocycles. The van der Waals surface area contributed by atoms with Gasteiger partial charge < -0.3 is 43.2 Å². The molecule has 1 unspecified atom stereocenters. The van der Waals surface area contributed by atoms with E-state index in [2.05, 4.69) is 36.5 Å². The Morgan fingerprint density at radius 2 is 1.08 bits per heavy atom. The average molecular weight is 674 g/mol. The minimum absolute atomic E-state index is 0.00879. The number of carbonyl (C=O) groups excluding carboxylic acids is 2. The highest BCUT2D eigenvalue weighted by molar-refractivity contribution is 5.79. The second kappa shape index (κ2) is 25.0. The Hall–Kier alpha value is -3.06. The van der Waals surface area contributed by atoms with Crippen molar-refractivity contribution in [3.05, 3.63) is 59.7 Å². The molecule has 0 saturated carbocycles. The van der Waals surface area contributed by atoms with Crippen LogP contribution in [0.1, 0.15) is 56.6 Å². The topological polar surface area (TPSA) is 120 Å². The summed E-state index contributed by atoms with van der Waals surface area (Å²) >= 11 is 0. The van der Waals surface area contributed by atoms with E-state index in [9.17, 15) is 9.59 Å². The fourth-order valence-electron chi connectivity index (χ4n) is 5.33. The van der Waals surface area contributed by atoms with E-state index >= 15 is 0 Å². The summed E-state index contributed by atoms with van der Waals surface area (Å²) in [5.41, 5.74) is 4.77. The fourth-order valence-corrected chi connectivity index (χ4v) is 5.33. The Morgan fingerprint density at radius 1 is 0.625 bits per heavy atom. The van der Waals surface area contributed by atoms with Crippen molar-refractivity contribution >= 4 is 12.1 Å². The first-order valence-electron chi connectivity index (χ1n) is 17.4. The standard InChI is InChI=1S/C37H55NO10/c1-3-5-10-30(4-2)36(39)47-28-27-46-26-25-45-24-23-44-22-21-43-20-19-42-18-17-41-16-15-38-37(40)48-29-35-33-13-8-6-11-31(33)32-12-7-9-14-34(32)35/h6-9,11-14,30,35H,3-5,10,15-29H2,1-2H3,(H,38,40). The number of amides is 1. The maximum Gasteiger partial charge on any atom is 0.407 e. The van der Waals surface area contributed by atoms with Gasteiger partial charge in [0.2, 0.25) is 0 Å². The number of hydrogen-bond acceptors (Lipinski definition) is 10. The predicted octanol–water partition coefficient (Wildman–Crippen LogP) is 5.38. The van der Waals surface area contributed by atoms with E-state index in [1.165, 1.54) is 22.3 Å². The van der Waals surface area contributed by atoms with Crippen LogP contribution in [0, 0.1) is 5.92 Å². The van der Waals surface area contributed by atoms with Crippen LogP contribution in [0.3, 0.4) is 0 Å². The van der Waals surface area contributed by atoms with E-state index in [0.29, 0.717) is 85.8 Å². The lowest BCUT2D eigenvalue weighted by Gasteiger charge is -2.14. The number of nitrogens with one attached hydrogen (secondary N) is 1. The molecule has 2 aromatic carbocycles. The Kier molecular flexibility index (Phi) is 20.5. The normalized spacial score (nSPS) is 12.8. The Bertz CT molecular complexity index is 1120. The van der Waals surface area contributed by atoms with Gasteiger partial charge in [-0.3, -0.25) is 4.79 Å². The predicted molar refractivity (Wildman–Crippen MR) is 182 cm³/mol. The van der Waals surface area contributed by atoms with Gasteiger partial charge in [-0.2, -0.15) is 0 Å². The molecule has 11 nitrogen and oxygen atoms in total. The van der Waals surface area contributed by atoms with Gasteiger partial charge in [-0.15, -0.1) is 0 Å². The third-order valence-electron chi connectivity index (χ3n) is 7.92. The molecule has 0 spiro atoms. The minimum atomic E-state index is -0.453. The minimum Gasteiger partial charge on any atom is -0.463 e. The SMILES string of the molecule is CCCCC(CC)C(=O)OCCOCCOCCOCCOCCOCCOCCNC(=O)OCC1c2ccccc2-c2ccccc21. The lowest BCUT2D eigenvalue weighted by atomic mass is 9.98. The van der Waals surface area contributed by atoms with Crippen LogP contribution in [-0.2, 0) is 42.7 Å². The van der Waals surface area contributed by atoms with Crippen molar-refractivity contribution in [2.45, 2.75) is 45.4 Å².